The van der Waals surface area contributed by atoms with Gasteiger partial charge in [0, 0.05) is 13.7 Å². The van der Waals surface area contributed by atoms with Crippen LogP contribution in [-0.4, -0.2) is 19.3 Å². The molecule has 3 atom stereocenters. The molecule has 3 unspecified atom stereocenters. The molecule has 0 amide bonds. The first kappa shape index (κ1) is 8.02. The maximum absolute atomic E-state index is 5.61. The van der Waals surface area contributed by atoms with E-state index in [9.17, 15) is 0 Å². The molecule has 0 aromatic carbocycles. The second kappa shape index (κ2) is 2.51. The van der Waals surface area contributed by atoms with Gasteiger partial charge in [-0.2, -0.15) is 0 Å². The van der Waals surface area contributed by atoms with Crippen molar-refractivity contribution in [1.29, 1.82) is 0 Å². The molecule has 2 heteroatoms. The van der Waals surface area contributed by atoms with Gasteiger partial charge in [-0.15, -0.1) is 0 Å². The van der Waals surface area contributed by atoms with Crippen molar-refractivity contribution in [2.45, 2.75) is 25.9 Å². The van der Waals surface area contributed by atoms with Gasteiger partial charge in [0.15, 0.2) is 0 Å². The Balaban J connectivity index is 2.54. The fourth-order valence-corrected chi connectivity index (χ4v) is 1.89. The van der Waals surface area contributed by atoms with Crippen LogP contribution in [0, 0.1) is 11.8 Å². The molecular weight excluding hydrogens is 126 g/mol. The second-order valence-corrected chi connectivity index (χ2v) is 3.44. The lowest BCUT2D eigenvalue weighted by molar-refractivity contribution is -0.142. The molecule has 1 saturated carbocycles. The summed E-state index contributed by atoms with van der Waals surface area (Å²) in [7, 11) is 1.76. The van der Waals surface area contributed by atoms with Gasteiger partial charge >= 0.3 is 0 Å². The van der Waals surface area contributed by atoms with Crippen molar-refractivity contribution in [3.05, 3.63) is 0 Å². The third kappa shape index (κ3) is 0.867. The van der Waals surface area contributed by atoms with Crippen LogP contribution in [0.4, 0.5) is 0 Å². The highest BCUT2D eigenvalue weighted by atomic mass is 16.5. The molecule has 60 valence electrons. The highest BCUT2D eigenvalue weighted by Gasteiger charge is 2.48. The van der Waals surface area contributed by atoms with E-state index >= 15 is 0 Å². The largest absolute Gasteiger partial charge is 0.377 e. The quantitative estimate of drug-likeness (QED) is 0.626. The highest BCUT2D eigenvalue weighted by molar-refractivity contribution is 5.00. The van der Waals surface area contributed by atoms with E-state index in [2.05, 4.69) is 13.8 Å². The third-order valence-corrected chi connectivity index (χ3v) is 3.10. The minimum atomic E-state index is 0.0133. The molecule has 0 saturated heterocycles. The summed E-state index contributed by atoms with van der Waals surface area (Å²) in [6, 6.07) is 0. The zero-order valence-electron chi connectivity index (χ0n) is 7.05. The van der Waals surface area contributed by atoms with Gasteiger partial charge in [-0.1, -0.05) is 13.8 Å². The van der Waals surface area contributed by atoms with Crippen molar-refractivity contribution < 1.29 is 4.74 Å². The second-order valence-electron chi connectivity index (χ2n) is 3.44. The van der Waals surface area contributed by atoms with Crippen LogP contribution >= 0.6 is 0 Å². The number of hydrogen-bond donors (Lipinski definition) is 1. The Kier molecular flexibility index (Phi) is 2.02. The van der Waals surface area contributed by atoms with Crippen molar-refractivity contribution in [2.24, 2.45) is 17.6 Å². The van der Waals surface area contributed by atoms with Crippen LogP contribution < -0.4 is 5.73 Å². The summed E-state index contributed by atoms with van der Waals surface area (Å²) in [6.07, 6.45) is 1.13. The summed E-state index contributed by atoms with van der Waals surface area (Å²) in [4.78, 5) is 0. The average molecular weight is 143 g/mol. The summed E-state index contributed by atoms with van der Waals surface area (Å²) in [5.74, 6) is 1.41. The van der Waals surface area contributed by atoms with Crippen molar-refractivity contribution in [2.75, 3.05) is 13.7 Å². The van der Waals surface area contributed by atoms with E-state index < -0.39 is 0 Å². The minimum absolute atomic E-state index is 0.0133. The van der Waals surface area contributed by atoms with Gasteiger partial charge < -0.3 is 10.5 Å². The number of hydrogen-bond acceptors (Lipinski definition) is 2. The van der Waals surface area contributed by atoms with Crippen molar-refractivity contribution >= 4 is 0 Å². The van der Waals surface area contributed by atoms with E-state index in [4.69, 9.17) is 10.5 Å². The van der Waals surface area contributed by atoms with E-state index in [-0.39, 0.29) is 5.60 Å². The zero-order chi connectivity index (χ0) is 7.78. The topological polar surface area (TPSA) is 35.2 Å². The molecule has 0 bridgehead atoms. The fraction of sp³-hybridized carbons (Fsp3) is 1.00. The first-order valence-electron chi connectivity index (χ1n) is 3.91. The standard InChI is InChI=1S/C8H17NO/c1-6-4-8(5-9,10-3)7(6)2/h6-7H,4-5,9H2,1-3H3. The minimum Gasteiger partial charge on any atom is -0.377 e. The molecular formula is C8H17NO. The predicted octanol–water partition coefficient (Wildman–Crippen LogP) is 1.01. The van der Waals surface area contributed by atoms with Crippen molar-refractivity contribution in [3.8, 4) is 0 Å². The van der Waals surface area contributed by atoms with Crippen LogP contribution in [0.15, 0.2) is 0 Å². The number of nitrogens with two attached hydrogens (primary N) is 1. The Hall–Kier alpha value is -0.0800. The molecule has 10 heavy (non-hydrogen) atoms. The van der Waals surface area contributed by atoms with Crippen LogP contribution in [-0.2, 0) is 4.74 Å². The molecule has 0 radical (unpaired) electrons. The zero-order valence-corrected chi connectivity index (χ0v) is 7.05. The monoisotopic (exact) mass is 143 g/mol. The molecule has 0 heterocycles. The van der Waals surface area contributed by atoms with Crippen LogP contribution in [0.1, 0.15) is 20.3 Å². The van der Waals surface area contributed by atoms with Crippen molar-refractivity contribution in [1.82, 2.24) is 0 Å². The summed E-state index contributed by atoms with van der Waals surface area (Å²) < 4.78 is 5.38. The van der Waals surface area contributed by atoms with Gasteiger partial charge in [0.25, 0.3) is 0 Å². The predicted molar refractivity (Wildman–Crippen MR) is 41.7 cm³/mol. The van der Waals surface area contributed by atoms with Crippen LogP contribution in [0.3, 0.4) is 0 Å². The molecule has 1 fully saturated rings. The summed E-state index contributed by atoms with van der Waals surface area (Å²) in [5, 5.41) is 0. The summed E-state index contributed by atoms with van der Waals surface area (Å²) >= 11 is 0. The normalized spacial score (nSPS) is 46.8. The van der Waals surface area contributed by atoms with Gasteiger partial charge in [0.1, 0.15) is 0 Å². The van der Waals surface area contributed by atoms with E-state index in [1.165, 1.54) is 0 Å². The maximum atomic E-state index is 5.61. The van der Waals surface area contributed by atoms with Gasteiger partial charge in [-0.25, -0.2) is 0 Å². The average Bonchev–Trinajstić information content (AvgIpc) is 1.99. The van der Waals surface area contributed by atoms with Crippen LogP contribution in [0.25, 0.3) is 0 Å². The fourth-order valence-electron chi connectivity index (χ4n) is 1.89. The Labute approximate surface area is 62.7 Å². The summed E-state index contributed by atoms with van der Waals surface area (Å²) in [6.45, 7) is 5.12. The van der Waals surface area contributed by atoms with E-state index in [1.54, 1.807) is 7.11 Å². The van der Waals surface area contributed by atoms with E-state index in [0.717, 1.165) is 12.3 Å². The van der Waals surface area contributed by atoms with Crippen LogP contribution in [0.5, 0.6) is 0 Å². The lowest BCUT2D eigenvalue weighted by atomic mass is 9.63. The first-order chi connectivity index (χ1) is 4.66. The molecule has 1 rings (SSSR count). The van der Waals surface area contributed by atoms with E-state index in [0.29, 0.717) is 12.5 Å². The van der Waals surface area contributed by atoms with Gasteiger partial charge in [-0.05, 0) is 18.3 Å². The number of rotatable bonds is 2. The molecule has 0 aliphatic heterocycles. The first-order valence-corrected chi connectivity index (χ1v) is 3.91. The lowest BCUT2D eigenvalue weighted by Crippen LogP contribution is -2.57. The Morgan fingerprint density at radius 1 is 1.60 bits per heavy atom. The number of methoxy groups -OCH3 is 1. The molecule has 2 N–H and O–H groups in total. The molecule has 1 aliphatic carbocycles. The van der Waals surface area contributed by atoms with Gasteiger partial charge in [-0.3, -0.25) is 0 Å². The Morgan fingerprint density at radius 3 is 2.30 bits per heavy atom. The molecule has 0 aromatic rings. The molecule has 2 nitrogen and oxygen atoms in total. The van der Waals surface area contributed by atoms with Gasteiger partial charge in [0.05, 0.1) is 5.60 Å². The summed E-state index contributed by atoms with van der Waals surface area (Å²) in [5.41, 5.74) is 5.62. The molecule has 0 aromatic heterocycles. The number of ether oxygens (including phenoxy) is 1. The van der Waals surface area contributed by atoms with Gasteiger partial charge in [0.2, 0.25) is 0 Å². The highest BCUT2D eigenvalue weighted by Crippen LogP contribution is 2.44. The lowest BCUT2D eigenvalue weighted by Gasteiger charge is -2.51. The third-order valence-electron chi connectivity index (χ3n) is 3.10. The Morgan fingerprint density at radius 2 is 2.20 bits per heavy atom. The molecule has 1 aliphatic rings. The van der Waals surface area contributed by atoms with Crippen LogP contribution in [0.2, 0.25) is 0 Å². The SMILES string of the molecule is COC1(CN)CC(C)C1C. The maximum Gasteiger partial charge on any atom is 0.0830 e. The molecule has 0 spiro atoms. The Bertz CT molecular complexity index is 120. The smallest absolute Gasteiger partial charge is 0.0830 e. The van der Waals surface area contributed by atoms with E-state index in [1.807, 2.05) is 0 Å². The van der Waals surface area contributed by atoms with Crippen molar-refractivity contribution in [3.63, 3.8) is 0 Å².